The highest BCUT2D eigenvalue weighted by atomic mass is 16.2. The molecule has 0 saturated carbocycles. The Bertz CT molecular complexity index is 1150. The molecule has 10 heteroatoms. The number of anilines is 1. The second-order valence-corrected chi connectivity index (χ2v) is 6.60. The van der Waals surface area contributed by atoms with Crippen molar-refractivity contribution < 1.29 is 4.79 Å². The van der Waals surface area contributed by atoms with Gasteiger partial charge in [-0.05, 0) is 12.1 Å². The minimum absolute atomic E-state index is 0.103. The van der Waals surface area contributed by atoms with Crippen molar-refractivity contribution in [2.75, 3.05) is 31.1 Å². The van der Waals surface area contributed by atoms with Gasteiger partial charge < -0.3 is 9.80 Å². The van der Waals surface area contributed by atoms with Crippen molar-refractivity contribution in [3.63, 3.8) is 0 Å². The second kappa shape index (κ2) is 7.23. The molecule has 10 nitrogen and oxygen atoms in total. The molecule has 1 saturated heterocycles. The Morgan fingerprint density at radius 3 is 2.48 bits per heavy atom. The van der Waals surface area contributed by atoms with Crippen LogP contribution in [0.4, 0.5) is 5.82 Å². The molecule has 1 amide bonds. The summed E-state index contributed by atoms with van der Waals surface area (Å²) in [4.78, 5) is 38.1. The smallest absolute Gasteiger partial charge is 0.274 e. The van der Waals surface area contributed by atoms with Crippen LogP contribution >= 0.6 is 0 Å². The van der Waals surface area contributed by atoms with Gasteiger partial charge in [0.15, 0.2) is 5.82 Å². The lowest BCUT2D eigenvalue weighted by molar-refractivity contribution is 0.0740. The van der Waals surface area contributed by atoms with Gasteiger partial charge in [0.05, 0.1) is 17.2 Å². The summed E-state index contributed by atoms with van der Waals surface area (Å²) in [5.74, 6) is 1.34. The zero-order valence-electron chi connectivity index (χ0n) is 15.5. The zero-order chi connectivity index (χ0) is 19.6. The number of hydrogen-bond donors (Lipinski definition) is 0. The number of amides is 1. The molecule has 5 rings (SSSR count). The minimum atomic E-state index is -0.103. The van der Waals surface area contributed by atoms with Crippen molar-refractivity contribution in [2.24, 2.45) is 0 Å². The average molecular weight is 387 g/mol. The Hall–Kier alpha value is -3.95. The van der Waals surface area contributed by atoms with Crippen molar-refractivity contribution >= 4 is 22.8 Å². The van der Waals surface area contributed by atoms with Crippen molar-refractivity contribution in [1.29, 1.82) is 0 Å². The monoisotopic (exact) mass is 387 g/mol. The molecule has 1 fully saturated rings. The molecule has 4 aromatic rings. The highest BCUT2D eigenvalue weighted by Crippen LogP contribution is 2.17. The van der Waals surface area contributed by atoms with Crippen LogP contribution in [0.2, 0.25) is 0 Å². The molecule has 3 aromatic heterocycles. The van der Waals surface area contributed by atoms with E-state index in [1.807, 2.05) is 30.3 Å². The first-order chi connectivity index (χ1) is 14.3. The molecule has 0 N–H and O–H groups in total. The molecule has 1 aliphatic heterocycles. The van der Waals surface area contributed by atoms with Crippen LogP contribution in [0.3, 0.4) is 0 Å². The van der Waals surface area contributed by atoms with Crippen molar-refractivity contribution in [1.82, 2.24) is 39.6 Å². The quantitative estimate of drug-likeness (QED) is 0.512. The Morgan fingerprint density at radius 1 is 0.897 bits per heavy atom. The van der Waals surface area contributed by atoms with Gasteiger partial charge in [0.1, 0.15) is 30.5 Å². The first-order valence-corrected chi connectivity index (χ1v) is 9.21. The molecule has 1 aliphatic rings. The molecule has 29 heavy (non-hydrogen) atoms. The van der Waals surface area contributed by atoms with Gasteiger partial charge >= 0.3 is 0 Å². The Kier molecular flexibility index (Phi) is 4.28. The third kappa shape index (κ3) is 3.35. The number of fused-ring (bicyclic) bond motifs is 1. The van der Waals surface area contributed by atoms with E-state index in [1.54, 1.807) is 22.1 Å². The van der Waals surface area contributed by atoms with Crippen LogP contribution in [0.5, 0.6) is 0 Å². The largest absolute Gasteiger partial charge is 0.353 e. The topological polar surface area (TPSA) is 106 Å². The van der Waals surface area contributed by atoms with Gasteiger partial charge in [0, 0.05) is 32.2 Å². The van der Waals surface area contributed by atoms with E-state index >= 15 is 0 Å². The maximum atomic E-state index is 12.9. The third-order valence-electron chi connectivity index (χ3n) is 4.85. The van der Waals surface area contributed by atoms with Gasteiger partial charge in [0.25, 0.3) is 5.91 Å². The lowest BCUT2D eigenvalue weighted by atomic mass is 10.2. The second-order valence-electron chi connectivity index (χ2n) is 6.60. The van der Waals surface area contributed by atoms with E-state index in [4.69, 9.17) is 0 Å². The fraction of sp³-hybridized carbons (Fsp3) is 0.211. The molecular formula is C19H17N9O. The fourth-order valence-corrected chi connectivity index (χ4v) is 3.32. The van der Waals surface area contributed by atoms with E-state index in [-0.39, 0.29) is 5.91 Å². The number of carbonyl (C=O) groups is 1. The van der Waals surface area contributed by atoms with Gasteiger partial charge in [-0.2, -0.15) is 5.10 Å². The molecule has 4 heterocycles. The zero-order valence-corrected chi connectivity index (χ0v) is 15.5. The van der Waals surface area contributed by atoms with Gasteiger partial charge in [-0.25, -0.2) is 24.6 Å². The van der Waals surface area contributed by atoms with E-state index in [1.165, 1.54) is 12.7 Å². The summed E-state index contributed by atoms with van der Waals surface area (Å²) in [6.07, 6.45) is 6.11. The first-order valence-electron chi connectivity index (χ1n) is 9.21. The number of benzene rings is 1. The summed E-state index contributed by atoms with van der Waals surface area (Å²) in [5.41, 5.74) is 1.87. The fourth-order valence-electron chi connectivity index (χ4n) is 3.32. The Labute approximate surface area is 165 Å². The Balaban J connectivity index is 1.28. The minimum Gasteiger partial charge on any atom is -0.353 e. The summed E-state index contributed by atoms with van der Waals surface area (Å²) in [5, 5.41) is 4.09. The van der Waals surface area contributed by atoms with E-state index in [9.17, 15) is 4.79 Å². The van der Waals surface area contributed by atoms with Crippen LogP contribution in [0.25, 0.3) is 16.9 Å². The predicted molar refractivity (Wildman–Crippen MR) is 105 cm³/mol. The number of hydrogen-bond acceptors (Lipinski definition) is 8. The number of piperazine rings is 1. The highest BCUT2D eigenvalue weighted by molar-refractivity contribution is 5.94. The van der Waals surface area contributed by atoms with Crippen LogP contribution in [0.1, 0.15) is 10.5 Å². The molecule has 144 valence electrons. The van der Waals surface area contributed by atoms with Crippen LogP contribution in [0, 0.1) is 0 Å². The molecule has 0 atom stereocenters. The normalized spacial score (nSPS) is 14.3. The SMILES string of the molecule is O=C(c1cnc2ccccc2n1)N1CCN(c2cc(-n3cncn3)ncn2)CC1. The van der Waals surface area contributed by atoms with Gasteiger partial charge in [-0.3, -0.25) is 9.78 Å². The van der Waals surface area contributed by atoms with Crippen LogP contribution in [0.15, 0.2) is 55.5 Å². The number of carbonyl (C=O) groups excluding carboxylic acids is 1. The summed E-state index contributed by atoms with van der Waals surface area (Å²) >= 11 is 0. The maximum absolute atomic E-state index is 12.9. The van der Waals surface area contributed by atoms with E-state index in [2.05, 4.69) is 34.9 Å². The van der Waals surface area contributed by atoms with Crippen molar-refractivity contribution in [3.05, 3.63) is 61.2 Å². The lowest BCUT2D eigenvalue weighted by Crippen LogP contribution is -2.49. The molecule has 0 spiro atoms. The van der Waals surface area contributed by atoms with Crippen LogP contribution in [-0.2, 0) is 0 Å². The predicted octanol–water partition coefficient (Wildman–Crippen LogP) is 0.963. The van der Waals surface area contributed by atoms with E-state index in [0.29, 0.717) is 37.7 Å². The molecule has 1 aromatic carbocycles. The number of nitrogens with zero attached hydrogens (tertiary/aromatic N) is 9. The van der Waals surface area contributed by atoms with Crippen molar-refractivity contribution in [2.45, 2.75) is 0 Å². The summed E-state index contributed by atoms with van der Waals surface area (Å²) in [6, 6.07) is 9.39. The van der Waals surface area contributed by atoms with Crippen LogP contribution in [-0.4, -0.2) is 71.7 Å². The highest BCUT2D eigenvalue weighted by Gasteiger charge is 2.24. The number of rotatable bonds is 3. The molecule has 0 bridgehead atoms. The van der Waals surface area contributed by atoms with Crippen molar-refractivity contribution in [3.8, 4) is 5.82 Å². The summed E-state index contributed by atoms with van der Waals surface area (Å²) < 4.78 is 1.59. The van der Waals surface area contributed by atoms with E-state index < -0.39 is 0 Å². The third-order valence-corrected chi connectivity index (χ3v) is 4.85. The summed E-state index contributed by atoms with van der Waals surface area (Å²) in [6.45, 7) is 2.49. The van der Waals surface area contributed by atoms with Gasteiger partial charge in [-0.15, -0.1) is 0 Å². The van der Waals surface area contributed by atoms with E-state index in [0.717, 1.165) is 16.9 Å². The van der Waals surface area contributed by atoms with Gasteiger partial charge in [0.2, 0.25) is 0 Å². The van der Waals surface area contributed by atoms with Gasteiger partial charge in [-0.1, -0.05) is 12.1 Å². The molecule has 0 unspecified atom stereocenters. The lowest BCUT2D eigenvalue weighted by Gasteiger charge is -2.35. The number of para-hydroxylation sites is 2. The first kappa shape index (κ1) is 17.2. The molecule has 0 radical (unpaired) electrons. The maximum Gasteiger partial charge on any atom is 0.274 e. The molecule has 0 aliphatic carbocycles. The Morgan fingerprint density at radius 2 is 1.69 bits per heavy atom. The average Bonchev–Trinajstić information content (AvgIpc) is 3.34. The molecular weight excluding hydrogens is 370 g/mol. The standard InChI is InChI=1S/C19H17N9O/c29-19(16-10-21-14-3-1-2-4-15(14)25-16)27-7-5-26(6-8-27)17-9-18(23-12-22-17)28-13-20-11-24-28/h1-4,9-13H,5-8H2. The van der Waals surface area contributed by atoms with Crippen LogP contribution < -0.4 is 4.90 Å². The number of aromatic nitrogens is 7. The summed E-state index contributed by atoms with van der Waals surface area (Å²) in [7, 11) is 0.